The van der Waals surface area contributed by atoms with E-state index in [0.29, 0.717) is 15.8 Å². The zero-order chi connectivity index (χ0) is 19.4. The number of hydrogen-bond acceptors (Lipinski definition) is 4. The third-order valence-corrected chi connectivity index (χ3v) is 4.77. The van der Waals surface area contributed by atoms with Crippen LogP contribution in [0.2, 0.25) is 0 Å². The minimum absolute atomic E-state index is 0.0116. The molecule has 0 atom stereocenters. The number of carbonyl (C=O) groups is 2. The minimum Gasteiger partial charge on any atom is -0.465 e. The molecule has 0 spiro atoms. The number of halogens is 2. The average Bonchev–Trinajstić information content (AvgIpc) is 2.93. The first-order valence-electron chi connectivity index (χ1n) is 8.23. The molecule has 1 aromatic heterocycles. The highest BCUT2D eigenvalue weighted by Crippen LogP contribution is 2.19. The van der Waals surface area contributed by atoms with Gasteiger partial charge in [0.15, 0.2) is 4.80 Å². The van der Waals surface area contributed by atoms with Gasteiger partial charge >= 0.3 is 5.97 Å². The second-order valence-electron chi connectivity index (χ2n) is 5.70. The summed E-state index contributed by atoms with van der Waals surface area (Å²) in [4.78, 5) is 28.6. The van der Waals surface area contributed by atoms with E-state index in [0.717, 1.165) is 11.3 Å². The second-order valence-corrected chi connectivity index (χ2v) is 6.71. The van der Waals surface area contributed by atoms with Crippen LogP contribution in [0.4, 0.5) is 8.78 Å². The molecule has 0 saturated carbocycles. The fourth-order valence-corrected chi connectivity index (χ4v) is 3.62. The zero-order valence-electron chi connectivity index (χ0n) is 14.4. The highest BCUT2D eigenvalue weighted by molar-refractivity contribution is 7.16. The molecule has 140 valence electrons. The molecule has 2 aromatic carbocycles. The lowest BCUT2D eigenvalue weighted by Gasteiger charge is -2.05. The molecule has 0 aliphatic rings. The summed E-state index contributed by atoms with van der Waals surface area (Å²) in [5, 5.41) is 0. The highest BCUT2D eigenvalue weighted by Gasteiger charge is 2.13. The van der Waals surface area contributed by atoms with Crippen LogP contribution in [0, 0.1) is 11.6 Å². The van der Waals surface area contributed by atoms with Gasteiger partial charge < -0.3 is 9.30 Å². The summed E-state index contributed by atoms with van der Waals surface area (Å²) in [5.41, 5.74) is 1.21. The number of benzene rings is 2. The van der Waals surface area contributed by atoms with E-state index in [2.05, 4.69) is 4.99 Å². The van der Waals surface area contributed by atoms with Gasteiger partial charge in [0.1, 0.15) is 18.2 Å². The molecular weight excluding hydrogens is 374 g/mol. The predicted octanol–water partition coefficient (Wildman–Crippen LogP) is 3.21. The van der Waals surface area contributed by atoms with Crippen LogP contribution in [0.15, 0.2) is 47.5 Å². The van der Waals surface area contributed by atoms with E-state index < -0.39 is 17.7 Å². The number of hydrogen-bond donors (Lipinski definition) is 0. The lowest BCUT2D eigenvalue weighted by Crippen LogP contribution is -2.23. The summed E-state index contributed by atoms with van der Waals surface area (Å²) < 4.78 is 33.5. The van der Waals surface area contributed by atoms with Crippen molar-refractivity contribution in [3.8, 4) is 0 Å². The smallest absolute Gasteiger partial charge is 0.326 e. The van der Waals surface area contributed by atoms with Crippen molar-refractivity contribution < 1.29 is 23.1 Å². The maximum absolute atomic E-state index is 13.5. The van der Waals surface area contributed by atoms with Crippen LogP contribution in [0.5, 0.6) is 0 Å². The number of esters is 1. The van der Waals surface area contributed by atoms with Gasteiger partial charge in [0.05, 0.1) is 23.2 Å². The van der Waals surface area contributed by atoms with E-state index in [1.165, 1.54) is 47.0 Å². The number of amides is 1. The summed E-state index contributed by atoms with van der Waals surface area (Å²) in [7, 11) is 0. The molecule has 3 aromatic rings. The number of thiazole rings is 1. The molecule has 1 amide bonds. The maximum atomic E-state index is 13.5. The van der Waals surface area contributed by atoms with Crippen LogP contribution < -0.4 is 4.80 Å². The Kier molecular flexibility index (Phi) is 5.75. The largest absolute Gasteiger partial charge is 0.465 e. The van der Waals surface area contributed by atoms with Crippen LogP contribution in [0.25, 0.3) is 10.2 Å². The van der Waals surface area contributed by atoms with Gasteiger partial charge in [-0.3, -0.25) is 9.59 Å². The molecule has 0 N–H and O–H groups in total. The summed E-state index contributed by atoms with van der Waals surface area (Å²) in [6, 6.07) is 9.69. The standard InChI is InChI=1S/C19H16F2N2O3S/c1-2-26-18(25)11-23-15-8-7-14(21)10-16(15)27-19(23)22-17(24)9-12-3-5-13(20)6-4-12/h3-8,10H,2,9,11H2,1H3. The van der Waals surface area contributed by atoms with Crippen molar-refractivity contribution in [2.24, 2.45) is 4.99 Å². The first-order chi connectivity index (χ1) is 13.0. The monoisotopic (exact) mass is 390 g/mol. The van der Waals surface area contributed by atoms with Gasteiger partial charge in [-0.15, -0.1) is 0 Å². The number of aromatic nitrogens is 1. The van der Waals surface area contributed by atoms with Crippen molar-refractivity contribution in [2.75, 3.05) is 6.61 Å². The Balaban J connectivity index is 1.97. The van der Waals surface area contributed by atoms with Crippen LogP contribution in [0.1, 0.15) is 12.5 Å². The van der Waals surface area contributed by atoms with Crippen molar-refractivity contribution in [1.29, 1.82) is 0 Å². The van der Waals surface area contributed by atoms with E-state index in [1.54, 1.807) is 6.92 Å². The fourth-order valence-electron chi connectivity index (χ4n) is 2.54. The molecule has 0 saturated heterocycles. The molecule has 0 bridgehead atoms. The third-order valence-electron chi connectivity index (χ3n) is 3.73. The fraction of sp³-hybridized carbons (Fsp3) is 0.211. The summed E-state index contributed by atoms with van der Waals surface area (Å²) in [6.07, 6.45) is -0.0116. The summed E-state index contributed by atoms with van der Waals surface area (Å²) in [5.74, 6) is -1.74. The van der Waals surface area contributed by atoms with Crippen molar-refractivity contribution in [3.05, 3.63) is 64.5 Å². The van der Waals surface area contributed by atoms with E-state index in [4.69, 9.17) is 4.74 Å². The quantitative estimate of drug-likeness (QED) is 0.629. The van der Waals surface area contributed by atoms with Gasteiger partial charge in [0, 0.05) is 0 Å². The Morgan fingerprint density at radius 3 is 2.52 bits per heavy atom. The van der Waals surface area contributed by atoms with Gasteiger partial charge in [0.2, 0.25) is 0 Å². The van der Waals surface area contributed by atoms with Gasteiger partial charge in [-0.05, 0) is 42.8 Å². The van der Waals surface area contributed by atoms with Gasteiger partial charge in [-0.1, -0.05) is 23.5 Å². The molecule has 5 nitrogen and oxygen atoms in total. The molecule has 8 heteroatoms. The van der Waals surface area contributed by atoms with Crippen molar-refractivity contribution in [2.45, 2.75) is 19.9 Å². The molecular formula is C19H16F2N2O3S. The third kappa shape index (κ3) is 4.65. The molecule has 0 radical (unpaired) electrons. The molecule has 3 rings (SSSR count). The summed E-state index contributed by atoms with van der Waals surface area (Å²) in [6.45, 7) is 1.79. The molecule has 1 heterocycles. The summed E-state index contributed by atoms with van der Waals surface area (Å²) >= 11 is 1.11. The number of fused-ring (bicyclic) bond motifs is 1. The van der Waals surface area contributed by atoms with Gasteiger partial charge in [-0.2, -0.15) is 4.99 Å². The normalized spacial score (nSPS) is 11.7. The second kappa shape index (κ2) is 8.22. The van der Waals surface area contributed by atoms with Crippen LogP contribution in [-0.4, -0.2) is 23.1 Å². The zero-order valence-corrected chi connectivity index (χ0v) is 15.3. The Bertz CT molecular complexity index is 1050. The molecule has 0 unspecified atom stereocenters. The lowest BCUT2D eigenvalue weighted by molar-refractivity contribution is -0.143. The van der Waals surface area contributed by atoms with Crippen LogP contribution in [0.3, 0.4) is 0 Å². The lowest BCUT2D eigenvalue weighted by atomic mass is 10.1. The van der Waals surface area contributed by atoms with Crippen molar-refractivity contribution in [1.82, 2.24) is 4.57 Å². The Morgan fingerprint density at radius 2 is 1.81 bits per heavy atom. The Hall–Kier alpha value is -2.87. The van der Waals surface area contributed by atoms with Crippen LogP contribution >= 0.6 is 11.3 Å². The molecule has 0 aliphatic carbocycles. The van der Waals surface area contributed by atoms with E-state index in [9.17, 15) is 18.4 Å². The topological polar surface area (TPSA) is 60.7 Å². The van der Waals surface area contributed by atoms with Crippen molar-refractivity contribution >= 4 is 33.4 Å². The maximum Gasteiger partial charge on any atom is 0.326 e. The first-order valence-corrected chi connectivity index (χ1v) is 9.04. The SMILES string of the molecule is CCOC(=O)Cn1c(=NC(=O)Cc2ccc(F)cc2)sc2cc(F)ccc21. The first kappa shape index (κ1) is 18.9. The van der Waals surface area contributed by atoms with E-state index in [1.807, 2.05) is 0 Å². The van der Waals surface area contributed by atoms with Crippen molar-refractivity contribution in [3.63, 3.8) is 0 Å². The number of rotatable bonds is 5. The molecule has 0 fully saturated rings. The van der Waals surface area contributed by atoms with Crippen LogP contribution in [-0.2, 0) is 27.3 Å². The van der Waals surface area contributed by atoms with Gasteiger partial charge in [-0.25, -0.2) is 8.78 Å². The predicted molar refractivity (Wildman–Crippen MR) is 97.1 cm³/mol. The number of ether oxygens (including phenoxy) is 1. The minimum atomic E-state index is -0.478. The molecule has 27 heavy (non-hydrogen) atoms. The number of nitrogens with zero attached hydrogens (tertiary/aromatic N) is 2. The Labute approximate surface area is 157 Å². The average molecular weight is 390 g/mol. The van der Waals surface area contributed by atoms with Gasteiger partial charge in [0.25, 0.3) is 5.91 Å². The van der Waals surface area contributed by atoms with E-state index >= 15 is 0 Å². The molecule has 0 aliphatic heterocycles. The number of carbonyl (C=O) groups excluding carboxylic acids is 2. The van der Waals surface area contributed by atoms with E-state index in [-0.39, 0.29) is 30.2 Å². The Morgan fingerprint density at radius 1 is 1.11 bits per heavy atom. The highest BCUT2D eigenvalue weighted by atomic mass is 32.1.